The summed E-state index contributed by atoms with van der Waals surface area (Å²) in [7, 11) is 0. The van der Waals surface area contributed by atoms with Crippen LogP contribution in [0, 0.1) is 5.92 Å². The lowest BCUT2D eigenvalue weighted by atomic mass is 9.98. The molecule has 0 saturated heterocycles. The van der Waals surface area contributed by atoms with E-state index in [0.29, 0.717) is 18.8 Å². The van der Waals surface area contributed by atoms with Crippen LogP contribution in [0.1, 0.15) is 50.3 Å². The van der Waals surface area contributed by atoms with Crippen molar-refractivity contribution in [2.75, 3.05) is 0 Å². The molecule has 0 aromatic heterocycles. The second-order valence-corrected chi connectivity index (χ2v) is 5.14. The van der Waals surface area contributed by atoms with Gasteiger partial charge in [0.1, 0.15) is 0 Å². The summed E-state index contributed by atoms with van der Waals surface area (Å²) in [6, 6.07) is 7.94. The van der Waals surface area contributed by atoms with Crippen molar-refractivity contribution in [1.82, 2.24) is 0 Å². The summed E-state index contributed by atoms with van der Waals surface area (Å²) in [5.41, 5.74) is 2.14. The third-order valence-electron chi connectivity index (χ3n) is 2.88. The summed E-state index contributed by atoms with van der Waals surface area (Å²) in [6.07, 6.45) is 1.59. The fraction of sp³-hybridized carbons (Fsp3) is 0.533. The molecule has 0 amide bonds. The zero-order chi connectivity index (χ0) is 13.5. The van der Waals surface area contributed by atoms with E-state index < -0.39 is 12.1 Å². The summed E-state index contributed by atoms with van der Waals surface area (Å²) < 4.78 is 0. The monoisotopic (exact) mass is 250 g/mol. The van der Waals surface area contributed by atoms with Crippen LogP contribution >= 0.6 is 0 Å². The molecule has 2 N–H and O–H groups in total. The molecule has 0 bridgehead atoms. The van der Waals surface area contributed by atoms with E-state index in [0.717, 1.165) is 12.0 Å². The second kappa shape index (κ2) is 7.17. The summed E-state index contributed by atoms with van der Waals surface area (Å²) in [5, 5.41) is 18.4. The first-order valence-electron chi connectivity index (χ1n) is 6.47. The SMILES string of the molecule is CC(C)Cc1ccc([C@H](O)CCCC(=O)O)cc1. The zero-order valence-electron chi connectivity index (χ0n) is 11.1. The maximum atomic E-state index is 10.4. The number of aliphatic carboxylic acids is 1. The Morgan fingerprint density at radius 2 is 1.83 bits per heavy atom. The number of aliphatic hydroxyl groups excluding tert-OH is 1. The normalized spacial score (nSPS) is 12.7. The van der Waals surface area contributed by atoms with Gasteiger partial charge in [-0.2, -0.15) is 0 Å². The maximum absolute atomic E-state index is 10.4. The minimum atomic E-state index is -0.811. The highest BCUT2D eigenvalue weighted by atomic mass is 16.4. The van der Waals surface area contributed by atoms with Gasteiger partial charge < -0.3 is 10.2 Å². The Hall–Kier alpha value is -1.35. The van der Waals surface area contributed by atoms with Gasteiger partial charge in [-0.3, -0.25) is 4.79 Å². The van der Waals surface area contributed by atoms with Crippen molar-refractivity contribution >= 4 is 5.97 Å². The van der Waals surface area contributed by atoms with E-state index in [9.17, 15) is 9.90 Å². The van der Waals surface area contributed by atoms with Gasteiger partial charge in [0.05, 0.1) is 6.10 Å². The Morgan fingerprint density at radius 1 is 1.22 bits per heavy atom. The number of rotatable bonds is 7. The van der Waals surface area contributed by atoms with E-state index in [1.807, 2.05) is 24.3 Å². The lowest BCUT2D eigenvalue weighted by molar-refractivity contribution is -0.137. The van der Waals surface area contributed by atoms with Crippen LogP contribution in [-0.4, -0.2) is 16.2 Å². The first-order chi connectivity index (χ1) is 8.49. The van der Waals surface area contributed by atoms with Crippen LogP contribution in [0.15, 0.2) is 24.3 Å². The van der Waals surface area contributed by atoms with Crippen LogP contribution in [0.25, 0.3) is 0 Å². The van der Waals surface area contributed by atoms with Gasteiger partial charge in [0.2, 0.25) is 0 Å². The maximum Gasteiger partial charge on any atom is 0.303 e. The highest BCUT2D eigenvalue weighted by molar-refractivity contribution is 5.66. The Bertz CT molecular complexity index is 368. The van der Waals surface area contributed by atoms with Crippen LogP contribution < -0.4 is 0 Å². The van der Waals surface area contributed by atoms with Crippen LogP contribution in [0.2, 0.25) is 0 Å². The molecule has 0 radical (unpaired) electrons. The minimum absolute atomic E-state index is 0.114. The van der Waals surface area contributed by atoms with Crippen molar-refractivity contribution in [3.8, 4) is 0 Å². The molecule has 0 saturated carbocycles. The van der Waals surface area contributed by atoms with Gasteiger partial charge in [-0.25, -0.2) is 0 Å². The van der Waals surface area contributed by atoms with Crippen LogP contribution in [0.5, 0.6) is 0 Å². The fourth-order valence-electron chi connectivity index (χ4n) is 1.96. The van der Waals surface area contributed by atoms with Gasteiger partial charge >= 0.3 is 5.97 Å². The lowest BCUT2D eigenvalue weighted by Gasteiger charge is -2.11. The van der Waals surface area contributed by atoms with Gasteiger partial charge in [0, 0.05) is 6.42 Å². The quantitative estimate of drug-likeness (QED) is 0.781. The number of carboxylic acids is 1. The molecule has 3 heteroatoms. The summed E-state index contributed by atoms with van der Waals surface area (Å²) in [4.78, 5) is 10.4. The molecule has 0 aliphatic rings. The van der Waals surface area contributed by atoms with Crippen molar-refractivity contribution in [3.63, 3.8) is 0 Å². The van der Waals surface area contributed by atoms with Crippen LogP contribution in [0.3, 0.4) is 0 Å². The smallest absolute Gasteiger partial charge is 0.303 e. The van der Waals surface area contributed by atoms with Gasteiger partial charge in [-0.15, -0.1) is 0 Å². The van der Waals surface area contributed by atoms with Gasteiger partial charge in [0.25, 0.3) is 0 Å². The highest BCUT2D eigenvalue weighted by Crippen LogP contribution is 2.20. The molecule has 1 aromatic rings. The van der Waals surface area contributed by atoms with Crippen molar-refractivity contribution in [1.29, 1.82) is 0 Å². The predicted octanol–water partition coefficient (Wildman–Crippen LogP) is 3.17. The average molecular weight is 250 g/mol. The Balaban J connectivity index is 2.48. The Kier molecular flexibility index (Phi) is 5.86. The number of hydrogen-bond acceptors (Lipinski definition) is 2. The number of carbonyl (C=O) groups is 1. The van der Waals surface area contributed by atoms with Crippen molar-refractivity contribution in [3.05, 3.63) is 35.4 Å². The molecular formula is C15H22O3. The number of hydrogen-bond donors (Lipinski definition) is 2. The van der Waals surface area contributed by atoms with Crippen molar-refractivity contribution in [2.24, 2.45) is 5.92 Å². The standard InChI is InChI=1S/C15H22O3/c1-11(2)10-12-6-8-13(9-7-12)14(16)4-3-5-15(17)18/h6-9,11,14,16H,3-5,10H2,1-2H3,(H,17,18)/t14-/m1/s1. The Labute approximate surface area is 108 Å². The number of benzene rings is 1. The third kappa shape index (κ3) is 5.32. The van der Waals surface area contributed by atoms with Gasteiger partial charge in [-0.05, 0) is 36.3 Å². The third-order valence-corrected chi connectivity index (χ3v) is 2.88. The largest absolute Gasteiger partial charge is 0.481 e. The molecule has 0 aliphatic carbocycles. The summed E-state index contributed by atoms with van der Waals surface area (Å²) in [6.45, 7) is 4.35. The van der Waals surface area contributed by atoms with E-state index in [1.54, 1.807) is 0 Å². The summed E-state index contributed by atoms with van der Waals surface area (Å²) in [5.74, 6) is -0.189. The van der Waals surface area contributed by atoms with Gasteiger partial charge in [-0.1, -0.05) is 38.1 Å². The lowest BCUT2D eigenvalue weighted by Crippen LogP contribution is -2.01. The molecular weight excluding hydrogens is 228 g/mol. The number of carboxylic acid groups (broad SMARTS) is 1. The topological polar surface area (TPSA) is 57.5 Å². The second-order valence-electron chi connectivity index (χ2n) is 5.14. The van der Waals surface area contributed by atoms with E-state index in [4.69, 9.17) is 5.11 Å². The molecule has 18 heavy (non-hydrogen) atoms. The zero-order valence-corrected chi connectivity index (χ0v) is 11.1. The Morgan fingerprint density at radius 3 is 2.33 bits per heavy atom. The molecule has 0 unspecified atom stereocenters. The predicted molar refractivity (Wildman–Crippen MR) is 71.4 cm³/mol. The molecule has 1 aromatic carbocycles. The van der Waals surface area contributed by atoms with E-state index >= 15 is 0 Å². The molecule has 1 atom stereocenters. The minimum Gasteiger partial charge on any atom is -0.481 e. The van der Waals surface area contributed by atoms with Crippen LogP contribution in [-0.2, 0) is 11.2 Å². The molecule has 0 fully saturated rings. The van der Waals surface area contributed by atoms with Crippen molar-refractivity contribution < 1.29 is 15.0 Å². The van der Waals surface area contributed by atoms with E-state index in [2.05, 4.69) is 13.8 Å². The first kappa shape index (κ1) is 14.7. The average Bonchev–Trinajstić information content (AvgIpc) is 2.28. The fourth-order valence-corrected chi connectivity index (χ4v) is 1.96. The molecule has 0 aliphatic heterocycles. The molecule has 0 heterocycles. The van der Waals surface area contributed by atoms with E-state index in [-0.39, 0.29) is 6.42 Å². The number of aliphatic hydroxyl groups is 1. The molecule has 0 spiro atoms. The molecule has 3 nitrogen and oxygen atoms in total. The molecule has 1 rings (SSSR count). The first-order valence-corrected chi connectivity index (χ1v) is 6.47. The van der Waals surface area contributed by atoms with Crippen LogP contribution in [0.4, 0.5) is 0 Å². The highest BCUT2D eigenvalue weighted by Gasteiger charge is 2.08. The molecule has 100 valence electrons. The summed E-state index contributed by atoms with van der Waals surface area (Å²) >= 11 is 0. The van der Waals surface area contributed by atoms with E-state index in [1.165, 1.54) is 5.56 Å². The van der Waals surface area contributed by atoms with Crippen molar-refractivity contribution in [2.45, 2.75) is 45.6 Å². The van der Waals surface area contributed by atoms with Gasteiger partial charge in [0.15, 0.2) is 0 Å².